The summed E-state index contributed by atoms with van der Waals surface area (Å²) in [5.74, 6) is -6.38. The van der Waals surface area contributed by atoms with E-state index >= 15 is 0 Å². The molecule has 60 heavy (non-hydrogen) atoms. The summed E-state index contributed by atoms with van der Waals surface area (Å²) in [6.45, 7) is 12.0. The molecule has 2 aromatic carbocycles. The maximum Gasteiger partial charge on any atom is 0.363 e. The van der Waals surface area contributed by atoms with Crippen LogP contribution in [0.4, 0.5) is 5.69 Å². The van der Waals surface area contributed by atoms with Crippen LogP contribution in [0.5, 0.6) is 0 Å². The van der Waals surface area contributed by atoms with Gasteiger partial charge in [0.25, 0.3) is 11.8 Å². The predicted octanol–water partition coefficient (Wildman–Crippen LogP) is 1.65. The van der Waals surface area contributed by atoms with Crippen molar-refractivity contribution in [3.8, 4) is 22.5 Å². The molecular formula is C37H46N5O15S3-. The molecule has 0 radical (unpaired) electrons. The first-order valence-electron chi connectivity index (χ1n) is 17.9. The summed E-state index contributed by atoms with van der Waals surface area (Å²) in [4.78, 5) is 53.8. The highest BCUT2D eigenvalue weighted by molar-refractivity contribution is 7.90. The summed E-state index contributed by atoms with van der Waals surface area (Å²) in [6, 6.07) is 8.69. The number of carbonyl (C=O) groups excluding carboxylic acids is 3. The van der Waals surface area contributed by atoms with Crippen LogP contribution in [-0.2, 0) is 44.7 Å². The summed E-state index contributed by atoms with van der Waals surface area (Å²) in [6.07, 6.45) is -0.893. The fourth-order valence-electron chi connectivity index (χ4n) is 6.67. The summed E-state index contributed by atoms with van der Waals surface area (Å²) in [5, 5.41) is 17.5. The van der Waals surface area contributed by atoms with Gasteiger partial charge in [0.2, 0.25) is 10.0 Å². The third kappa shape index (κ3) is 10.9. The predicted molar refractivity (Wildman–Crippen MR) is 213 cm³/mol. The van der Waals surface area contributed by atoms with Crippen LogP contribution in [0.15, 0.2) is 56.7 Å². The van der Waals surface area contributed by atoms with Crippen LogP contribution in [0.3, 0.4) is 0 Å². The number of hydroxylamine groups is 2. The summed E-state index contributed by atoms with van der Waals surface area (Å²) in [7, 11) is -15.0. The number of aromatic carboxylic acids is 1. The molecule has 2 aliphatic heterocycles. The van der Waals surface area contributed by atoms with Gasteiger partial charge in [0, 0.05) is 41.7 Å². The zero-order valence-corrected chi connectivity index (χ0v) is 34.8. The molecule has 0 saturated carbocycles. The van der Waals surface area contributed by atoms with E-state index < -0.39 is 116 Å². The largest absolute Gasteiger partial charge is 0.748 e. The van der Waals surface area contributed by atoms with E-state index in [4.69, 9.17) is 20.4 Å². The molecule has 1 saturated heterocycles. The van der Waals surface area contributed by atoms with Gasteiger partial charge in [-0.15, -0.1) is 5.06 Å². The van der Waals surface area contributed by atoms with E-state index in [1.807, 2.05) is 4.72 Å². The third-order valence-electron chi connectivity index (χ3n) is 9.21. The second-order valence-electron chi connectivity index (χ2n) is 13.9. The number of fused-ring (bicyclic) bond motifs is 2. The van der Waals surface area contributed by atoms with Gasteiger partial charge in [0.05, 0.1) is 50.9 Å². The standard InChI is InChI=1S/C28H24N4O15S3.C8H19N.CH4/c29-18-6-4-15-22(14-3-2-13(12-17(14)27(35)36)28(37)47-32-20(33)8-9-21(32)34)16-5-7-19(30)26(50(43,44)45)24(16)46-23(15)25(18)49(41,42)31-10-1-11-48(38,39)40;1-6-9(7(2)3)8(4)5;/h2-7,12,30-31H,1,8-11,29H2,(H,35,36)(H,38,39,40)(H,43,44,45);7-8H,6H2,1-5H3;1H4/p-1. The average molecular weight is 897 g/mol. The number of imide groups is 1. The van der Waals surface area contributed by atoms with E-state index in [9.17, 15) is 58.6 Å². The van der Waals surface area contributed by atoms with Crippen molar-refractivity contribution in [3.05, 3.63) is 58.9 Å². The number of nitrogens with zero attached hydrogens (tertiary/aromatic N) is 1. The molecule has 0 atom stereocenters. The number of benzene rings is 3. The highest BCUT2D eigenvalue weighted by atomic mass is 32.2. The first-order chi connectivity index (χ1) is 27.3. The molecule has 20 nitrogen and oxygen atoms in total. The Balaban J connectivity index is 0.000000861. The lowest BCUT2D eigenvalue weighted by molar-refractivity contribution is -0.940. The number of carboxylic acid groups (broad SMARTS) is 1. The van der Waals surface area contributed by atoms with Crippen molar-refractivity contribution in [1.82, 2.24) is 9.79 Å². The van der Waals surface area contributed by atoms with E-state index in [2.05, 4.69) is 34.6 Å². The molecule has 23 heteroatoms. The average Bonchev–Trinajstić information content (AvgIpc) is 3.43. The Hall–Kier alpha value is -5.30. The van der Waals surface area contributed by atoms with E-state index in [-0.39, 0.29) is 47.4 Å². The summed E-state index contributed by atoms with van der Waals surface area (Å²) < 4.78 is 105. The second-order valence-corrected chi connectivity index (χ2v) is 18.4. The number of amides is 2. The lowest BCUT2D eigenvalue weighted by atomic mass is 9.89. The Labute approximate surface area is 346 Å². The minimum Gasteiger partial charge on any atom is -0.748 e. The van der Waals surface area contributed by atoms with Crippen molar-refractivity contribution in [2.45, 2.75) is 83.2 Å². The van der Waals surface area contributed by atoms with Gasteiger partial charge >= 0.3 is 11.9 Å². The quantitative estimate of drug-likeness (QED) is 0.0395. The van der Waals surface area contributed by atoms with Gasteiger partial charge in [-0.1, -0.05) is 13.5 Å². The molecule has 2 heterocycles. The number of anilines is 1. The Morgan fingerprint density at radius 1 is 0.950 bits per heavy atom. The maximum absolute atomic E-state index is 13.5. The number of nitrogens with two attached hydrogens (primary N) is 1. The fourth-order valence-corrected chi connectivity index (χ4v) is 9.22. The number of quaternary nitrogens is 1. The molecule has 0 bridgehead atoms. The maximum atomic E-state index is 13.5. The van der Waals surface area contributed by atoms with Crippen LogP contribution in [0, 0.1) is 5.41 Å². The van der Waals surface area contributed by atoms with Gasteiger partial charge in [-0.2, -0.15) is 0 Å². The number of hydrogen-bond acceptors (Lipinski definition) is 16. The van der Waals surface area contributed by atoms with Crippen LogP contribution < -0.4 is 20.7 Å². The number of nitrogens with one attached hydrogen (secondary N) is 3. The van der Waals surface area contributed by atoms with Crippen LogP contribution in [0.2, 0.25) is 0 Å². The van der Waals surface area contributed by atoms with Crippen molar-refractivity contribution >= 4 is 70.7 Å². The van der Waals surface area contributed by atoms with Gasteiger partial charge in [-0.25, -0.2) is 39.6 Å². The number of nitrogen functional groups attached to an aromatic ring is 1. The molecule has 0 aromatic heterocycles. The molecule has 2 aromatic rings. The molecule has 3 aliphatic rings. The van der Waals surface area contributed by atoms with Crippen LogP contribution in [0.25, 0.3) is 33.4 Å². The van der Waals surface area contributed by atoms with Crippen molar-refractivity contribution in [3.63, 3.8) is 0 Å². The third-order valence-corrected chi connectivity index (χ3v) is 12.4. The zero-order valence-electron chi connectivity index (χ0n) is 32.4. The van der Waals surface area contributed by atoms with E-state index in [0.717, 1.165) is 48.5 Å². The zero-order chi connectivity index (χ0) is 44.4. The Morgan fingerprint density at radius 3 is 2.03 bits per heavy atom. The number of hydrogen-bond donors (Lipinski definition) is 5. The van der Waals surface area contributed by atoms with E-state index in [1.165, 1.54) is 12.6 Å². The monoisotopic (exact) mass is 896 g/mol. The molecule has 0 spiro atoms. The van der Waals surface area contributed by atoms with Crippen molar-refractivity contribution in [1.29, 1.82) is 5.41 Å². The van der Waals surface area contributed by atoms with E-state index in [1.54, 1.807) is 4.90 Å². The molecule has 5 rings (SSSR count). The first kappa shape index (κ1) is 49.1. The molecular weight excluding hydrogens is 851 g/mol. The van der Waals surface area contributed by atoms with Crippen LogP contribution in [-0.4, -0.2) is 99.2 Å². The van der Waals surface area contributed by atoms with Crippen LogP contribution in [0.1, 0.15) is 82.0 Å². The second kappa shape index (κ2) is 19.0. The van der Waals surface area contributed by atoms with Gasteiger partial charge in [0.1, 0.15) is 19.9 Å². The van der Waals surface area contributed by atoms with Crippen molar-refractivity contribution < 1.29 is 72.8 Å². The molecule has 1 fully saturated rings. The SMILES string of the molecule is C.CC[NH+](C(C)C)C(C)C.N=c1ccc2c(-c3ccc(C(=O)ON4C(=O)CCC4=O)cc3C(=O)O)c3ccc(N)c(S(=O)(=O)NCCCS(=O)(=O)[O-])c3oc-2c1S(=O)(=O)[O-]. The fraction of sp³-hybridized carbons (Fsp3) is 0.378. The van der Waals surface area contributed by atoms with E-state index in [0.29, 0.717) is 0 Å². The Morgan fingerprint density at radius 2 is 1.53 bits per heavy atom. The molecule has 2 amide bonds. The molecule has 6 N–H and O–H groups in total. The summed E-state index contributed by atoms with van der Waals surface area (Å²) >= 11 is 0. The topological polar surface area (TPSA) is 329 Å². The van der Waals surface area contributed by atoms with Gasteiger partial charge in [-0.3, -0.25) is 15.0 Å². The minimum atomic E-state index is -5.53. The Kier molecular flexibility index (Phi) is 15.5. The first-order valence-corrected chi connectivity index (χ1v) is 22.3. The number of rotatable bonds is 14. The molecule has 0 unspecified atom stereocenters. The number of carbonyl (C=O) groups is 4. The molecule has 328 valence electrons. The molecule has 1 aliphatic carbocycles. The number of sulfonamides is 1. The lowest BCUT2D eigenvalue weighted by Gasteiger charge is -2.25. The van der Waals surface area contributed by atoms with Crippen molar-refractivity contribution in [2.24, 2.45) is 0 Å². The lowest BCUT2D eigenvalue weighted by Crippen LogP contribution is -3.17. The highest BCUT2D eigenvalue weighted by Gasteiger charge is 2.34. The minimum absolute atomic E-state index is 0. The smallest absolute Gasteiger partial charge is 0.363 e. The van der Waals surface area contributed by atoms with Crippen LogP contribution >= 0.6 is 0 Å². The number of carboxylic acids is 1. The van der Waals surface area contributed by atoms with Gasteiger partial charge in [0.15, 0.2) is 11.3 Å². The highest BCUT2D eigenvalue weighted by Crippen LogP contribution is 2.45. The van der Waals surface area contributed by atoms with Gasteiger partial charge < -0.3 is 34.1 Å². The summed E-state index contributed by atoms with van der Waals surface area (Å²) in [5.41, 5.74) is 2.79. The normalized spacial score (nSPS) is 13.5. The Bertz CT molecular complexity index is 2670. The van der Waals surface area contributed by atoms with Gasteiger partial charge in [-0.05, 0) is 83.0 Å². The van der Waals surface area contributed by atoms with Crippen molar-refractivity contribution in [2.75, 3.05) is 24.6 Å².